The number of nitrogens with zero attached hydrogens (tertiary/aromatic N) is 1. The molecule has 0 saturated carbocycles. The summed E-state index contributed by atoms with van der Waals surface area (Å²) in [4.78, 5) is 2.26. The van der Waals surface area contributed by atoms with Gasteiger partial charge in [0.15, 0.2) is 0 Å². The molecule has 1 aliphatic rings. The lowest BCUT2D eigenvalue weighted by molar-refractivity contribution is 0.447. The Hall–Kier alpha value is -0.600. The molecule has 0 amide bonds. The Morgan fingerprint density at radius 1 is 1.31 bits per heavy atom. The number of piperidine rings is 1. The number of anilines is 2. The SMILES string of the molecule is C[C@@H]1CCCN(c2c(Cl)cc(N)cc2Cl)C1. The monoisotopic (exact) mass is 258 g/mol. The summed E-state index contributed by atoms with van der Waals surface area (Å²) in [5.41, 5.74) is 7.25. The lowest BCUT2D eigenvalue weighted by Crippen LogP contribution is -2.34. The van der Waals surface area contributed by atoms with Gasteiger partial charge in [-0.3, -0.25) is 0 Å². The van der Waals surface area contributed by atoms with Crippen LogP contribution in [0.3, 0.4) is 0 Å². The minimum Gasteiger partial charge on any atom is -0.399 e. The second kappa shape index (κ2) is 4.72. The zero-order valence-electron chi connectivity index (χ0n) is 9.34. The highest BCUT2D eigenvalue weighted by molar-refractivity contribution is 6.39. The fraction of sp³-hybridized carbons (Fsp3) is 0.500. The van der Waals surface area contributed by atoms with Crippen molar-refractivity contribution in [3.8, 4) is 0 Å². The molecule has 2 rings (SSSR count). The van der Waals surface area contributed by atoms with Crippen molar-refractivity contribution >= 4 is 34.6 Å². The Balaban J connectivity index is 2.32. The van der Waals surface area contributed by atoms with E-state index in [9.17, 15) is 0 Å². The summed E-state index contributed by atoms with van der Waals surface area (Å²) in [6.07, 6.45) is 2.47. The van der Waals surface area contributed by atoms with Crippen molar-refractivity contribution in [3.63, 3.8) is 0 Å². The third kappa shape index (κ3) is 2.38. The van der Waals surface area contributed by atoms with Crippen molar-refractivity contribution in [2.24, 2.45) is 5.92 Å². The number of hydrogen-bond donors (Lipinski definition) is 1. The first-order valence-corrected chi connectivity index (χ1v) is 6.33. The Kier molecular flexibility index (Phi) is 3.50. The molecule has 1 fully saturated rings. The van der Waals surface area contributed by atoms with E-state index in [1.54, 1.807) is 12.1 Å². The van der Waals surface area contributed by atoms with Gasteiger partial charge < -0.3 is 10.6 Å². The molecule has 0 aliphatic carbocycles. The quantitative estimate of drug-likeness (QED) is 0.777. The van der Waals surface area contributed by atoms with Crippen LogP contribution >= 0.6 is 23.2 Å². The molecule has 2 nitrogen and oxygen atoms in total. The predicted molar refractivity (Wildman–Crippen MR) is 71.5 cm³/mol. The van der Waals surface area contributed by atoms with Crippen LogP contribution in [-0.2, 0) is 0 Å². The van der Waals surface area contributed by atoms with Crippen LogP contribution < -0.4 is 10.6 Å². The molecule has 2 N–H and O–H groups in total. The fourth-order valence-corrected chi connectivity index (χ4v) is 3.02. The number of nitrogens with two attached hydrogens (primary N) is 1. The predicted octanol–water partition coefficient (Wildman–Crippen LogP) is 3.81. The number of benzene rings is 1. The topological polar surface area (TPSA) is 29.3 Å². The Morgan fingerprint density at radius 3 is 2.50 bits per heavy atom. The first kappa shape index (κ1) is 11.9. The van der Waals surface area contributed by atoms with Gasteiger partial charge in [-0.25, -0.2) is 0 Å². The summed E-state index contributed by atoms with van der Waals surface area (Å²) >= 11 is 12.4. The van der Waals surface area contributed by atoms with Gasteiger partial charge in [0, 0.05) is 18.8 Å². The van der Waals surface area contributed by atoms with Crippen LogP contribution in [0.1, 0.15) is 19.8 Å². The smallest absolute Gasteiger partial charge is 0.0746 e. The van der Waals surface area contributed by atoms with Crippen LogP contribution in [0.2, 0.25) is 10.0 Å². The van der Waals surface area contributed by atoms with Crippen LogP contribution in [0, 0.1) is 5.92 Å². The van der Waals surface area contributed by atoms with Crippen LogP contribution in [0.15, 0.2) is 12.1 Å². The molecule has 0 unspecified atom stereocenters. The molecule has 1 aliphatic heterocycles. The van der Waals surface area contributed by atoms with Gasteiger partial charge in [0.25, 0.3) is 0 Å². The molecule has 16 heavy (non-hydrogen) atoms. The molecular formula is C12H16Cl2N2. The fourth-order valence-electron chi connectivity index (χ4n) is 2.28. The maximum absolute atomic E-state index is 6.21. The molecule has 0 spiro atoms. The van der Waals surface area contributed by atoms with Gasteiger partial charge in [-0.2, -0.15) is 0 Å². The van der Waals surface area contributed by atoms with Crippen molar-refractivity contribution in [1.82, 2.24) is 0 Å². The van der Waals surface area contributed by atoms with E-state index in [2.05, 4.69) is 11.8 Å². The minimum absolute atomic E-state index is 0.615. The highest BCUT2D eigenvalue weighted by Crippen LogP contribution is 2.37. The van der Waals surface area contributed by atoms with Gasteiger partial charge >= 0.3 is 0 Å². The van der Waals surface area contributed by atoms with Crippen molar-refractivity contribution in [2.45, 2.75) is 19.8 Å². The van der Waals surface area contributed by atoms with Gasteiger partial charge in [0.2, 0.25) is 0 Å². The maximum atomic E-state index is 6.21. The molecule has 88 valence electrons. The molecule has 1 atom stereocenters. The van der Waals surface area contributed by atoms with E-state index in [1.807, 2.05) is 0 Å². The van der Waals surface area contributed by atoms with E-state index >= 15 is 0 Å². The molecule has 1 saturated heterocycles. The standard InChI is InChI=1S/C12H16Cl2N2/c1-8-3-2-4-16(7-8)12-10(13)5-9(15)6-11(12)14/h5-6,8H,2-4,7,15H2,1H3/t8-/m1/s1. The average Bonchev–Trinajstić information content (AvgIpc) is 2.15. The van der Waals surface area contributed by atoms with E-state index in [1.165, 1.54) is 12.8 Å². The summed E-state index contributed by atoms with van der Waals surface area (Å²) in [5, 5.41) is 1.30. The Labute approximate surface area is 106 Å². The first-order valence-electron chi connectivity index (χ1n) is 5.57. The third-order valence-corrected chi connectivity index (χ3v) is 3.59. The summed E-state index contributed by atoms with van der Waals surface area (Å²) in [5.74, 6) is 0.693. The Bertz CT molecular complexity index is 370. The lowest BCUT2D eigenvalue weighted by atomic mass is 10.00. The van der Waals surface area contributed by atoms with Gasteiger partial charge in [-0.15, -0.1) is 0 Å². The highest BCUT2D eigenvalue weighted by Gasteiger charge is 2.20. The van der Waals surface area contributed by atoms with E-state index in [4.69, 9.17) is 28.9 Å². The maximum Gasteiger partial charge on any atom is 0.0746 e. The molecule has 1 heterocycles. The van der Waals surface area contributed by atoms with Crippen LogP contribution in [0.5, 0.6) is 0 Å². The largest absolute Gasteiger partial charge is 0.399 e. The summed E-state index contributed by atoms with van der Waals surface area (Å²) in [6, 6.07) is 3.53. The highest BCUT2D eigenvalue weighted by atomic mass is 35.5. The van der Waals surface area contributed by atoms with E-state index in [0.717, 1.165) is 18.8 Å². The van der Waals surface area contributed by atoms with Crippen molar-refractivity contribution < 1.29 is 0 Å². The molecule has 1 aromatic rings. The van der Waals surface area contributed by atoms with Crippen LogP contribution in [-0.4, -0.2) is 13.1 Å². The Morgan fingerprint density at radius 2 is 1.94 bits per heavy atom. The van der Waals surface area contributed by atoms with Crippen molar-refractivity contribution in [3.05, 3.63) is 22.2 Å². The molecule has 4 heteroatoms. The average molecular weight is 259 g/mol. The van der Waals surface area contributed by atoms with Gasteiger partial charge in [-0.05, 0) is 30.9 Å². The molecule has 0 aromatic heterocycles. The zero-order chi connectivity index (χ0) is 11.7. The number of nitrogen functional groups attached to an aromatic ring is 1. The number of rotatable bonds is 1. The summed E-state index contributed by atoms with van der Waals surface area (Å²) < 4.78 is 0. The number of halogens is 2. The zero-order valence-corrected chi connectivity index (χ0v) is 10.9. The summed E-state index contributed by atoms with van der Waals surface area (Å²) in [6.45, 7) is 4.29. The van der Waals surface area contributed by atoms with Crippen molar-refractivity contribution in [1.29, 1.82) is 0 Å². The third-order valence-electron chi connectivity index (χ3n) is 3.01. The molecule has 0 radical (unpaired) electrons. The van der Waals surface area contributed by atoms with Crippen LogP contribution in [0.4, 0.5) is 11.4 Å². The van der Waals surface area contributed by atoms with Crippen LogP contribution in [0.25, 0.3) is 0 Å². The van der Waals surface area contributed by atoms with E-state index in [0.29, 0.717) is 21.7 Å². The van der Waals surface area contributed by atoms with Gasteiger partial charge in [0.05, 0.1) is 15.7 Å². The van der Waals surface area contributed by atoms with Crippen molar-refractivity contribution in [2.75, 3.05) is 23.7 Å². The normalized spacial score (nSPS) is 21.2. The number of hydrogen-bond acceptors (Lipinski definition) is 2. The summed E-state index contributed by atoms with van der Waals surface area (Å²) in [7, 11) is 0. The second-order valence-corrected chi connectivity index (χ2v) is 5.34. The molecule has 0 bridgehead atoms. The van der Waals surface area contributed by atoms with Gasteiger partial charge in [-0.1, -0.05) is 30.1 Å². The van der Waals surface area contributed by atoms with Gasteiger partial charge in [0.1, 0.15) is 0 Å². The molecule has 1 aromatic carbocycles. The molecular weight excluding hydrogens is 243 g/mol. The second-order valence-electron chi connectivity index (χ2n) is 4.53. The van der Waals surface area contributed by atoms with E-state index in [-0.39, 0.29) is 0 Å². The van der Waals surface area contributed by atoms with E-state index < -0.39 is 0 Å². The lowest BCUT2D eigenvalue weighted by Gasteiger charge is -2.34. The minimum atomic E-state index is 0.615. The first-order chi connectivity index (χ1) is 7.58.